The first kappa shape index (κ1) is 22.4. The van der Waals surface area contributed by atoms with Gasteiger partial charge in [-0.25, -0.2) is 0 Å². The zero-order chi connectivity index (χ0) is 23.4. The Labute approximate surface area is 196 Å². The summed E-state index contributed by atoms with van der Waals surface area (Å²) in [6, 6.07) is 18.5. The van der Waals surface area contributed by atoms with E-state index >= 15 is 0 Å². The van der Waals surface area contributed by atoms with E-state index in [9.17, 15) is 9.59 Å². The Morgan fingerprint density at radius 2 is 1.88 bits per heavy atom. The Kier molecular flexibility index (Phi) is 6.66. The van der Waals surface area contributed by atoms with Gasteiger partial charge in [-0.2, -0.15) is 0 Å². The van der Waals surface area contributed by atoms with E-state index in [0.29, 0.717) is 35.1 Å². The summed E-state index contributed by atoms with van der Waals surface area (Å²) in [6.45, 7) is 2.29. The number of aryl methyl sites for hydroxylation is 2. The molecular formula is C26H23ClN2O4. The van der Waals surface area contributed by atoms with Crippen LogP contribution in [0.15, 0.2) is 66.9 Å². The summed E-state index contributed by atoms with van der Waals surface area (Å²) >= 11 is 6.10. The number of carboxylic acids is 1. The molecule has 6 nitrogen and oxygen atoms in total. The standard InChI is InChI=1S/C26H23ClN2O4/c1-16-11-21(8-5-18(16)7-10-25(30)31)33-20-4-2-3-17(12-20)14-29-26(32)19-6-9-22-23(27)15-28-24(22)13-19/h2-6,8-9,11-13,15,28H,7,10,14H2,1H3,(H,29,32)(H,30,31). The molecule has 0 bridgehead atoms. The fraction of sp³-hybridized carbons (Fsp3) is 0.154. The molecule has 0 aliphatic heterocycles. The molecule has 3 N–H and O–H groups in total. The lowest BCUT2D eigenvalue weighted by atomic mass is 10.0. The number of ether oxygens (including phenoxy) is 1. The van der Waals surface area contributed by atoms with Crippen LogP contribution in [0.1, 0.15) is 33.5 Å². The molecule has 3 aromatic carbocycles. The molecule has 0 saturated carbocycles. The third-order valence-electron chi connectivity index (χ3n) is 5.40. The number of amides is 1. The van der Waals surface area contributed by atoms with Crippen LogP contribution in [0.3, 0.4) is 0 Å². The molecular weight excluding hydrogens is 440 g/mol. The van der Waals surface area contributed by atoms with E-state index in [-0.39, 0.29) is 12.3 Å². The maximum atomic E-state index is 12.6. The van der Waals surface area contributed by atoms with E-state index in [1.54, 1.807) is 18.3 Å². The molecule has 33 heavy (non-hydrogen) atoms. The molecule has 0 aliphatic carbocycles. The number of aromatic nitrogens is 1. The van der Waals surface area contributed by atoms with Gasteiger partial charge in [0.05, 0.1) is 5.02 Å². The quantitative estimate of drug-likeness (QED) is 0.305. The number of fused-ring (bicyclic) bond motifs is 1. The molecule has 4 aromatic rings. The van der Waals surface area contributed by atoms with Crippen molar-refractivity contribution in [2.75, 3.05) is 0 Å². The van der Waals surface area contributed by atoms with Crippen LogP contribution < -0.4 is 10.1 Å². The highest BCUT2D eigenvalue weighted by Crippen LogP contribution is 2.26. The summed E-state index contributed by atoms with van der Waals surface area (Å²) in [7, 11) is 0. The van der Waals surface area contributed by atoms with Gasteiger partial charge in [0.25, 0.3) is 5.91 Å². The van der Waals surface area contributed by atoms with Crippen LogP contribution in [0.5, 0.6) is 11.5 Å². The summed E-state index contributed by atoms with van der Waals surface area (Å²) in [5.41, 5.74) is 4.23. The molecule has 0 fully saturated rings. The van der Waals surface area contributed by atoms with Gasteiger partial charge in [-0.1, -0.05) is 35.9 Å². The normalized spacial score (nSPS) is 10.8. The van der Waals surface area contributed by atoms with E-state index in [1.165, 1.54) is 0 Å². The first-order chi connectivity index (χ1) is 15.9. The van der Waals surface area contributed by atoms with Crippen LogP contribution >= 0.6 is 11.6 Å². The molecule has 0 unspecified atom stereocenters. The van der Waals surface area contributed by atoms with Crippen molar-refractivity contribution < 1.29 is 19.4 Å². The van der Waals surface area contributed by atoms with Crippen LogP contribution in [0, 0.1) is 6.92 Å². The van der Waals surface area contributed by atoms with Gasteiger partial charge in [-0.15, -0.1) is 0 Å². The fourth-order valence-corrected chi connectivity index (χ4v) is 3.84. The lowest BCUT2D eigenvalue weighted by molar-refractivity contribution is -0.136. The Morgan fingerprint density at radius 3 is 2.67 bits per heavy atom. The monoisotopic (exact) mass is 462 g/mol. The third kappa shape index (κ3) is 5.54. The molecule has 168 valence electrons. The lowest BCUT2D eigenvalue weighted by Gasteiger charge is -2.11. The highest BCUT2D eigenvalue weighted by molar-refractivity contribution is 6.35. The SMILES string of the molecule is Cc1cc(Oc2cccc(CNC(=O)c3ccc4c(Cl)c[nH]c4c3)c2)ccc1CCC(=O)O. The second-order valence-electron chi connectivity index (χ2n) is 7.81. The highest BCUT2D eigenvalue weighted by Gasteiger charge is 2.10. The maximum Gasteiger partial charge on any atom is 0.303 e. The van der Waals surface area contributed by atoms with Gasteiger partial charge in [-0.05, 0) is 66.4 Å². The molecule has 1 amide bonds. The van der Waals surface area contributed by atoms with Crippen molar-refractivity contribution >= 4 is 34.4 Å². The maximum absolute atomic E-state index is 12.6. The summed E-state index contributed by atoms with van der Waals surface area (Å²) < 4.78 is 5.98. The number of carbonyl (C=O) groups is 2. The fourth-order valence-electron chi connectivity index (χ4n) is 3.63. The number of hydrogen-bond donors (Lipinski definition) is 3. The number of benzene rings is 3. The minimum Gasteiger partial charge on any atom is -0.481 e. The molecule has 0 atom stereocenters. The summed E-state index contributed by atoms with van der Waals surface area (Å²) in [4.78, 5) is 26.4. The van der Waals surface area contributed by atoms with Crippen molar-refractivity contribution in [2.45, 2.75) is 26.3 Å². The first-order valence-corrected chi connectivity index (χ1v) is 10.9. The first-order valence-electron chi connectivity index (χ1n) is 10.5. The number of H-pyrrole nitrogens is 1. The van der Waals surface area contributed by atoms with Gasteiger partial charge in [0.1, 0.15) is 11.5 Å². The number of carboxylic acid groups (broad SMARTS) is 1. The summed E-state index contributed by atoms with van der Waals surface area (Å²) in [6.07, 6.45) is 2.28. The number of nitrogens with one attached hydrogen (secondary N) is 2. The zero-order valence-electron chi connectivity index (χ0n) is 18.0. The smallest absolute Gasteiger partial charge is 0.303 e. The van der Waals surface area contributed by atoms with Gasteiger partial charge in [0.15, 0.2) is 0 Å². The van der Waals surface area contributed by atoms with Crippen LogP contribution in [-0.2, 0) is 17.8 Å². The van der Waals surface area contributed by atoms with Gasteiger partial charge >= 0.3 is 5.97 Å². The second-order valence-corrected chi connectivity index (χ2v) is 8.22. The average Bonchev–Trinajstić information content (AvgIpc) is 3.17. The van der Waals surface area contributed by atoms with E-state index < -0.39 is 5.97 Å². The van der Waals surface area contributed by atoms with Crippen molar-refractivity contribution in [3.63, 3.8) is 0 Å². The van der Waals surface area contributed by atoms with Crippen LogP contribution in [-0.4, -0.2) is 22.0 Å². The third-order valence-corrected chi connectivity index (χ3v) is 5.72. The van der Waals surface area contributed by atoms with Gasteiger partial charge < -0.3 is 20.1 Å². The number of hydrogen-bond acceptors (Lipinski definition) is 3. The minimum atomic E-state index is -0.812. The number of halogens is 1. The van der Waals surface area contributed by atoms with Crippen molar-refractivity contribution in [2.24, 2.45) is 0 Å². The molecule has 4 rings (SSSR count). The Hall–Kier alpha value is -3.77. The van der Waals surface area contributed by atoms with Crippen molar-refractivity contribution in [1.29, 1.82) is 0 Å². The summed E-state index contributed by atoms with van der Waals surface area (Å²) in [5.74, 6) is 0.335. The molecule has 1 heterocycles. The van der Waals surface area contributed by atoms with Gasteiger partial charge in [-0.3, -0.25) is 9.59 Å². The number of carbonyl (C=O) groups excluding carboxylic acids is 1. The molecule has 0 radical (unpaired) electrons. The summed E-state index contributed by atoms with van der Waals surface area (Å²) in [5, 5.41) is 13.3. The average molecular weight is 463 g/mol. The van der Waals surface area contributed by atoms with Gasteiger partial charge in [0, 0.05) is 35.6 Å². The Bertz CT molecular complexity index is 1330. The zero-order valence-corrected chi connectivity index (χ0v) is 18.8. The van der Waals surface area contributed by atoms with Crippen LogP contribution in [0.4, 0.5) is 0 Å². The molecule has 0 spiro atoms. The molecule has 0 aliphatic rings. The van der Waals surface area contributed by atoms with Crippen molar-refractivity contribution in [3.05, 3.63) is 94.1 Å². The highest BCUT2D eigenvalue weighted by atomic mass is 35.5. The topological polar surface area (TPSA) is 91.4 Å². The number of aliphatic carboxylic acids is 1. The van der Waals surface area contributed by atoms with E-state index in [0.717, 1.165) is 27.6 Å². The van der Waals surface area contributed by atoms with E-state index in [1.807, 2.05) is 55.5 Å². The number of rotatable bonds is 8. The van der Waals surface area contributed by atoms with E-state index in [4.69, 9.17) is 21.4 Å². The van der Waals surface area contributed by atoms with Crippen molar-refractivity contribution in [1.82, 2.24) is 10.3 Å². The Morgan fingerprint density at radius 1 is 1.06 bits per heavy atom. The van der Waals surface area contributed by atoms with E-state index in [2.05, 4.69) is 10.3 Å². The van der Waals surface area contributed by atoms with Crippen LogP contribution in [0.25, 0.3) is 10.9 Å². The molecule has 7 heteroatoms. The number of aromatic amines is 1. The lowest BCUT2D eigenvalue weighted by Crippen LogP contribution is -2.22. The predicted octanol–water partition coefficient (Wildman–Crippen LogP) is 5.87. The minimum absolute atomic E-state index is 0.0986. The Balaban J connectivity index is 1.38. The van der Waals surface area contributed by atoms with Crippen LogP contribution in [0.2, 0.25) is 5.02 Å². The largest absolute Gasteiger partial charge is 0.481 e. The second kappa shape index (κ2) is 9.79. The van der Waals surface area contributed by atoms with Crippen molar-refractivity contribution in [3.8, 4) is 11.5 Å². The van der Waals surface area contributed by atoms with Gasteiger partial charge in [0.2, 0.25) is 0 Å². The molecule has 0 saturated heterocycles. The predicted molar refractivity (Wildman–Crippen MR) is 128 cm³/mol. The molecule has 1 aromatic heterocycles.